The molecule has 152 valence electrons. The second-order valence-corrected chi connectivity index (χ2v) is 6.94. The first kappa shape index (κ1) is 22.6. The number of para-hydroxylation sites is 1. The van der Waals surface area contributed by atoms with E-state index in [0.717, 1.165) is 30.2 Å². The zero-order valence-electron chi connectivity index (χ0n) is 17.2. The third kappa shape index (κ3) is 10.3. The van der Waals surface area contributed by atoms with Crippen LogP contribution in [0, 0.1) is 0 Å². The van der Waals surface area contributed by atoms with Crippen LogP contribution >= 0.6 is 0 Å². The van der Waals surface area contributed by atoms with Crippen LogP contribution < -0.4 is 20.7 Å². The van der Waals surface area contributed by atoms with Gasteiger partial charge in [0.15, 0.2) is 5.96 Å². The molecule has 0 saturated heterocycles. The topological polar surface area (TPSA) is 84.0 Å². The maximum absolute atomic E-state index is 11.6. The van der Waals surface area contributed by atoms with E-state index in [4.69, 9.17) is 9.47 Å². The van der Waals surface area contributed by atoms with Crippen molar-refractivity contribution in [1.82, 2.24) is 16.0 Å². The van der Waals surface area contributed by atoms with Crippen molar-refractivity contribution in [3.8, 4) is 5.75 Å². The number of hydrogen-bond acceptors (Lipinski definition) is 4. The number of guanidine groups is 1. The summed E-state index contributed by atoms with van der Waals surface area (Å²) in [7, 11) is 0. The first-order valence-corrected chi connectivity index (χ1v) is 9.55. The molecule has 0 radical (unpaired) electrons. The van der Waals surface area contributed by atoms with E-state index < -0.39 is 11.7 Å². The normalized spacial score (nSPS) is 11.7. The van der Waals surface area contributed by atoms with Crippen molar-refractivity contribution in [1.29, 1.82) is 0 Å². The van der Waals surface area contributed by atoms with Gasteiger partial charge >= 0.3 is 6.09 Å². The van der Waals surface area contributed by atoms with Gasteiger partial charge in [0.2, 0.25) is 0 Å². The Morgan fingerprint density at radius 1 is 1.07 bits per heavy atom. The highest BCUT2D eigenvalue weighted by atomic mass is 16.6. The number of carbonyl (C=O) groups excluding carboxylic acids is 1. The minimum absolute atomic E-state index is 0.393. The Kier molecular flexibility index (Phi) is 10.1. The maximum Gasteiger partial charge on any atom is 0.407 e. The SMILES string of the molecule is CCNC(=NCc1ccccc1OCC)NCCCNC(=O)OC(C)(C)C. The average Bonchev–Trinajstić information content (AvgIpc) is 2.59. The number of ether oxygens (including phenoxy) is 2. The fourth-order valence-electron chi connectivity index (χ4n) is 2.24. The number of hydrogen-bond donors (Lipinski definition) is 3. The van der Waals surface area contributed by atoms with Gasteiger partial charge in [0.1, 0.15) is 11.4 Å². The van der Waals surface area contributed by atoms with Crippen LogP contribution in [0.5, 0.6) is 5.75 Å². The van der Waals surface area contributed by atoms with Crippen LogP contribution in [0.4, 0.5) is 4.79 Å². The third-order valence-corrected chi connectivity index (χ3v) is 3.34. The molecular formula is C20H34N4O3. The molecule has 0 fully saturated rings. The quantitative estimate of drug-likeness (QED) is 0.349. The summed E-state index contributed by atoms with van der Waals surface area (Å²) in [6.45, 7) is 12.7. The molecule has 0 atom stereocenters. The van der Waals surface area contributed by atoms with Crippen molar-refractivity contribution in [2.75, 3.05) is 26.2 Å². The summed E-state index contributed by atoms with van der Waals surface area (Å²) in [4.78, 5) is 16.2. The van der Waals surface area contributed by atoms with Crippen molar-refractivity contribution in [3.05, 3.63) is 29.8 Å². The van der Waals surface area contributed by atoms with E-state index in [-0.39, 0.29) is 0 Å². The molecular weight excluding hydrogens is 344 g/mol. The number of nitrogens with zero attached hydrogens (tertiary/aromatic N) is 1. The van der Waals surface area contributed by atoms with Crippen LogP contribution in [-0.4, -0.2) is 43.9 Å². The van der Waals surface area contributed by atoms with Crippen LogP contribution in [0.25, 0.3) is 0 Å². The van der Waals surface area contributed by atoms with Gasteiger partial charge in [-0.1, -0.05) is 18.2 Å². The molecule has 1 aromatic carbocycles. The van der Waals surface area contributed by atoms with Crippen LogP contribution in [0.15, 0.2) is 29.3 Å². The molecule has 0 unspecified atom stereocenters. The lowest BCUT2D eigenvalue weighted by Gasteiger charge is -2.19. The predicted octanol–water partition coefficient (Wildman–Crippen LogP) is 3.06. The number of carbonyl (C=O) groups is 1. The molecule has 0 aliphatic rings. The summed E-state index contributed by atoms with van der Waals surface area (Å²) in [6.07, 6.45) is 0.370. The lowest BCUT2D eigenvalue weighted by molar-refractivity contribution is 0.0527. The Morgan fingerprint density at radius 2 is 1.78 bits per heavy atom. The number of aliphatic imine (C=N–C) groups is 1. The first-order valence-electron chi connectivity index (χ1n) is 9.55. The monoisotopic (exact) mass is 378 g/mol. The van der Waals surface area contributed by atoms with Crippen molar-refractivity contribution in [2.45, 2.75) is 53.2 Å². The van der Waals surface area contributed by atoms with E-state index in [1.807, 2.05) is 58.9 Å². The second kappa shape index (κ2) is 12.0. The molecule has 7 heteroatoms. The zero-order valence-corrected chi connectivity index (χ0v) is 17.2. The molecule has 0 aliphatic heterocycles. The van der Waals surface area contributed by atoms with Gasteiger partial charge in [-0.3, -0.25) is 0 Å². The first-order chi connectivity index (χ1) is 12.9. The highest BCUT2D eigenvalue weighted by Gasteiger charge is 2.15. The van der Waals surface area contributed by atoms with E-state index >= 15 is 0 Å². The molecule has 0 spiro atoms. The smallest absolute Gasteiger partial charge is 0.407 e. The summed E-state index contributed by atoms with van der Waals surface area (Å²) in [5.41, 5.74) is 0.563. The molecule has 1 amide bonds. The minimum Gasteiger partial charge on any atom is -0.494 e. The number of nitrogens with one attached hydrogen (secondary N) is 3. The Morgan fingerprint density at radius 3 is 2.44 bits per heavy atom. The van der Waals surface area contributed by atoms with Gasteiger partial charge < -0.3 is 25.4 Å². The predicted molar refractivity (Wildman–Crippen MR) is 109 cm³/mol. The van der Waals surface area contributed by atoms with Gasteiger partial charge in [0, 0.05) is 25.2 Å². The van der Waals surface area contributed by atoms with Crippen LogP contribution in [0.3, 0.4) is 0 Å². The molecule has 3 N–H and O–H groups in total. The molecule has 27 heavy (non-hydrogen) atoms. The molecule has 0 heterocycles. The molecule has 0 aromatic heterocycles. The summed E-state index contributed by atoms with van der Waals surface area (Å²) in [5, 5.41) is 9.24. The summed E-state index contributed by atoms with van der Waals surface area (Å²) in [5.74, 6) is 1.60. The second-order valence-electron chi connectivity index (χ2n) is 6.94. The maximum atomic E-state index is 11.6. The number of benzene rings is 1. The molecule has 1 rings (SSSR count). The largest absolute Gasteiger partial charge is 0.494 e. The van der Waals surface area contributed by atoms with Crippen LogP contribution in [0.1, 0.15) is 46.6 Å². The Balaban J connectivity index is 2.43. The van der Waals surface area contributed by atoms with Gasteiger partial charge in [0.25, 0.3) is 0 Å². The highest BCUT2D eigenvalue weighted by molar-refractivity contribution is 5.79. The molecule has 1 aromatic rings. The van der Waals surface area contributed by atoms with E-state index in [2.05, 4.69) is 20.9 Å². The minimum atomic E-state index is -0.481. The highest BCUT2D eigenvalue weighted by Crippen LogP contribution is 2.18. The van der Waals surface area contributed by atoms with Gasteiger partial charge in [-0.25, -0.2) is 9.79 Å². The van der Waals surface area contributed by atoms with Crippen molar-refractivity contribution in [3.63, 3.8) is 0 Å². The van der Waals surface area contributed by atoms with E-state index in [0.29, 0.717) is 26.2 Å². The standard InChI is InChI=1S/C20H34N4O3/c1-6-21-18(22-13-10-14-23-19(25)27-20(3,4)5)24-15-16-11-8-9-12-17(16)26-7-2/h8-9,11-12H,6-7,10,13-15H2,1-5H3,(H,23,25)(H2,21,22,24). The van der Waals surface area contributed by atoms with Gasteiger partial charge in [-0.2, -0.15) is 0 Å². The van der Waals surface area contributed by atoms with E-state index in [9.17, 15) is 4.79 Å². The van der Waals surface area contributed by atoms with Gasteiger partial charge in [-0.05, 0) is 47.1 Å². The zero-order chi connectivity index (χ0) is 20.1. The van der Waals surface area contributed by atoms with E-state index in [1.54, 1.807) is 0 Å². The number of rotatable bonds is 9. The Hall–Kier alpha value is -2.44. The number of amides is 1. The summed E-state index contributed by atoms with van der Waals surface area (Å²) in [6, 6.07) is 7.91. The fourth-order valence-corrected chi connectivity index (χ4v) is 2.24. The van der Waals surface area contributed by atoms with Crippen molar-refractivity contribution >= 4 is 12.1 Å². The summed E-state index contributed by atoms with van der Waals surface area (Å²) >= 11 is 0. The Bertz CT molecular complexity index is 597. The van der Waals surface area contributed by atoms with E-state index in [1.165, 1.54) is 0 Å². The Labute approximate surface area is 162 Å². The van der Waals surface area contributed by atoms with Crippen molar-refractivity contribution in [2.24, 2.45) is 4.99 Å². The number of alkyl carbamates (subject to hydrolysis) is 1. The van der Waals surface area contributed by atoms with Gasteiger partial charge in [0.05, 0.1) is 13.2 Å². The van der Waals surface area contributed by atoms with Crippen LogP contribution in [-0.2, 0) is 11.3 Å². The van der Waals surface area contributed by atoms with Crippen LogP contribution in [0.2, 0.25) is 0 Å². The fraction of sp³-hybridized carbons (Fsp3) is 0.600. The lowest BCUT2D eigenvalue weighted by Crippen LogP contribution is -2.39. The molecule has 0 aliphatic carbocycles. The third-order valence-electron chi connectivity index (χ3n) is 3.34. The molecule has 0 saturated carbocycles. The van der Waals surface area contributed by atoms with Gasteiger partial charge in [-0.15, -0.1) is 0 Å². The summed E-state index contributed by atoms with van der Waals surface area (Å²) < 4.78 is 10.8. The lowest BCUT2D eigenvalue weighted by atomic mass is 10.2. The molecule has 0 bridgehead atoms. The average molecular weight is 379 g/mol. The molecule has 7 nitrogen and oxygen atoms in total. The van der Waals surface area contributed by atoms with Crippen molar-refractivity contribution < 1.29 is 14.3 Å².